The van der Waals surface area contributed by atoms with Gasteiger partial charge in [0, 0.05) is 0 Å². The Hall–Kier alpha value is -0.290. The second-order valence-electron chi connectivity index (χ2n) is 5.63. The fourth-order valence-corrected chi connectivity index (χ4v) is 2.32. The van der Waals surface area contributed by atoms with Gasteiger partial charge in [-0.25, -0.2) is 13.2 Å². The first kappa shape index (κ1) is 20.7. The van der Waals surface area contributed by atoms with Crippen LogP contribution in [0.2, 0.25) is 0 Å². The molecule has 1 N–H and O–H groups in total. The van der Waals surface area contributed by atoms with E-state index in [9.17, 15) is 18.3 Å². The van der Waals surface area contributed by atoms with E-state index in [2.05, 4.69) is 13.8 Å². The first-order valence-corrected chi connectivity index (χ1v) is 8.28. The average Bonchev–Trinajstić information content (AvgIpc) is 2.46. The minimum Gasteiger partial charge on any atom is -0.390 e. The van der Waals surface area contributed by atoms with E-state index in [-0.39, 0.29) is 0 Å². The Bertz CT molecular complexity index is 228. The lowest BCUT2D eigenvalue weighted by Gasteiger charge is -2.25. The molecule has 0 fully saturated rings. The monoisotopic (exact) mass is 312 g/mol. The van der Waals surface area contributed by atoms with Gasteiger partial charge in [0.25, 0.3) is 12.8 Å². The van der Waals surface area contributed by atoms with Crippen LogP contribution in [0.15, 0.2) is 0 Å². The highest BCUT2D eigenvalue weighted by Gasteiger charge is 2.28. The van der Waals surface area contributed by atoms with Crippen LogP contribution in [0.1, 0.15) is 78.1 Å². The molecular weight excluding hydrogens is 281 g/mol. The molecule has 0 aliphatic heterocycles. The molecule has 5 heteroatoms. The zero-order valence-corrected chi connectivity index (χ0v) is 13.4. The number of ether oxygens (including phenoxy) is 1. The van der Waals surface area contributed by atoms with Crippen molar-refractivity contribution in [2.75, 3.05) is 0 Å². The van der Waals surface area contributed by atoms with Crippen LogP contribution in [0.25, 0.3) is 0 Å². The van der Waals surface area contributed by atoms with Gasteiger partial charge in [-0.15, -0.1) is 0 Å². The van der Waals surface area contributed by atoms with E-state index in [0.29, 0.717) is 12.8 Å². The summed E-state index contributed by atoms with van der Waals surface area (Å²) in [5.41, 5.74) is 0. The third-order valence-corrected chi connectivity index (χ3v) is 3.63. The number of aliphatic hydroxyl groups is 1. The molecule has 0 radical (unpaired) electrons. The summed E-state index contributed by atoms with van der Waals surface area (Å²) in [6, 6.07) is 0. The minimum absolute atomic E-state index is 0.433. The molecule has 3 atom stereocenters. The summed E-state index contributed by atoms with van der Waals surface area (Å²) >= 11 is 0. The van der Waals surface area contributed by atoms with Crippen LogP contribution in [-0.4, -0.2) is 30.1 Å². The summed E-state index contributed by atoms with van der Waals surface area (Å²) in [7, 11) is 0. The molecule has 0 rings (SSSR count). The average molecular weight is 312 g/mol. The molecule has 0 heterocycles. The smallest absolute Gasteiger partial charge is 0.293 e. The van der Waals surface area contributed by atoms with Crippen molar-refractivity contribution in [1.29, 1.82) is 0 Å². The third kappa shape index (κ3) is 11.0. The van der Waals surface area contributed by atoms with Crippen molar-refractivity contribution in [3.05, 3.63) is 0 Å². The molecule has 3 unspecified atom stereocenters. The number of unbranched alkanes of at least 4 members (excludes halogenated alkanes) is 6. The van der Waals surface area contributed by atoms with Gasteiger partial charge in [-0.05, 0) is 12.8 Å². The van der Waals surface area contributed by atoms with Crippen molar-refractivity contribution in [2.24, 2.45) is 0 Å². The molecule has 0 aliphatic carbocycles. The molecule has 128 valence electrons. The van der Waals surface area contributed by atoms with Gasteiger partial charge in [0.2, 0.25) is 0 Å². The first-order chi connectivity index (χ1) is 10.0. The van der Waals surface area contributed by atoms with Gasteiger partial charge in [-0.2, -0.15) is 0 Å². The Balaban J connectivity index is 4.19. The van der Waals surface area contributed by atoms with Gasteiger partial charge in [0.1, 0.15) is 0 Å². The molecule has 0 amide bonds. The quantitative estimate of drug-likeness (QED) is 0.445. The van der Waals surface area contributed by atoms with Gasteiger partial charge < -0.3 is 9.84 Å². The van der Waals surface area contributed by atoms with Crippen LogP contribution in [-0.2, 0) is 4.74 Å². The summed E-state index contributed by atoms with van der Waals surface area (Å²) in [5, 5.41) is 10.1. The molecular formula is C16H31F3O2. The van der Waals surface area contributed by atoms with Crippen LogP contribution in [0, 0.1) is 0 Å². The van der Waals surface area contributed by atoms with Crippen molar-refractivity contribution < 1.29 is 23.0 Å². The molecule has 21 heavy (non-hydrogen) atoms. The molecule has 0 aromatic carbocycles. The van der Waals surface area contributed by atoms with E-state index in [4.69, 9.17) is 4.74 Å². The number of rotatable bonds is 14. The zero-order chi connectivity index (χ0) is 16.1. The van der Waals surface area contributed by atoms with E-state index in [1.54, 1.807) is 0 Å². The van der Waals surface area contributed by atoms with Crippen LogP contribution in [0.5, 0.6) is 0 Å². The number of alkyl halides is 3. The van der Waals surface area contributed by atoms with Crippen molar-refractivity contribution >= 4 is 0 Å². The molecule has 0 aromatic heterocycles. The molecule has 0 saturated carbocycles. The standard InChI is InChI=1S/C16H31F3O2/c1-3-5-7-9-11-13(20)14(12-10-8-6-4-2)21-16(19)15(17)18/h13-16,20H,3-12H2,1-2H3. The molecule has 0 aromatic rings. The Morgan fingerprint density at radius 2 is 1.33 bits per heavy atom. The van der Waals surface area contributed by atoms with Crippen LogP contribution in [0.3, 0.4) is 0 Å². The van der Waals surface area contributed by atoms with Gasteiger partial charge in [-0.3, -0.25) is 0 Å². The van der Waals surface area contributed by atoms with Crippen molar-refractivity contribution in [2.45, 2.75) is 103 Å². The van der Waals surface area contributed by atoms with Crippen LogP contribution >= 0.6 is 0 Å². The predicted octanol–water partition coefficient (Wildman–Crippen LogP) is 5.23. The normalized spacial score (nSPS) is 16.1. The maximum Gasteiger partial charge on any atom is 0.293 e. The molecule has 0 aliphatic rings. The minimum atomic E-state index is -3.16. The highest BCUT2D eigenvalue weighted by atomic mass is 19.3. The lowest BCUT2D eigenvalue weighted by atomic mass is 10.00. The summed E-state index contributed by atoms with van der Waals surface area (Å²) in [4.78, 5) is 0. The molecule has 2 nitrogen and oxygen atoms in total. The van der Waals surface area contributed by atoms with E-state index in [1.165, 1.54) is 0 Å². The van der Waals surface area contributed by atoms with Crippen molar-refractivity contribution in [1.82, 2.24) is 0 Å². The summed E-state index contributed by atoms with van der Waals surface area (Å²) in [6.45, 7) is 4.16. The maximum atomic E-state index is 13.1. The van der Waals surface area contributed by atoms with Gasteiger partial charge in [0.05, 0.1) is 12.2 Å². The predicted molar refractivity (Wildman–Crippen MR) is 79.3 cm³/mol. The molecule has 0 saturated heterocycles. The lowest BCUT2D eigenvalue weighted by molar-refractivity contribution is -0.183. The van der Waals surface area contributed by atoms with Gasteiger partial charge in [-0.1, -0.05) is 65.2 Å². The summed E-state index contributed by atoms with van der Waals surface area (Å²) < 4.78 is 42.3. The Labute approximate surface area is 127 Å². The van der Waals surface area contributed by atoms with E-state index in [1.807, 2.05) is 0 Å². The number of hydrogen-bond acceptors (Lipinski definition) is 2. The Morgan fingerprint density at radius 1 is 0.810 bits per heavy atom. The largest absolute Gasteiger partial charge is 0.390 e. The second-order valence-corrected chi connectivity index (χ2v) is 5.63. The SMILES string of the molecule is CCCCCCC(O)C(CCCCCC)OC(F)C(F)F. The van der Waals surface area contributed by atoms with E-state index >= 15 is 0 Å². The topological polar surface area (TPSA) is 29.5 Å². The lowest BCUT2D eigenvalue weighted by Crippen LogP contribution is -2.34. The Kier molecular flexibility index (Phi) is 13.2. The van der Waals surface area contributed by atoms with E-state index < -0.39 is 25.0 Å². The van der Waals surface area contributed by atoms with E-state index in [0.717, 1.165) is 51.4 Å². The molecule has 0 bridgehead atoms. The van der Waals surface area contributed by atoms with Crippen LogP contribution in [0.4, 0.5) is 13.2 Å². The van der Waals surface area contributed by atoms with Crippen LogP contribution < -0.4 is 0 Å². The summed E-state index contributed by atoms with van der Waals surface area (Å²) in [6.07, 6.45) is 1.26. The maximum absolute atomic E-state index is 13.1. The Morgan fingerprint density at radius 3 is 1.81 bits per heavy atom. The first-order valence-electron chi connectivity index (χ1n) is 8.28. The number of aliphatic hydroxyl groups excluding tert-OH is 1. The second kappa shape index (κ2) is 13.4. The molecule has 0 spiro atoms. The third-order valence-electron chi connectivity index (χ3n) is 3.63. The van der Waals surface area contributed by atoms with Gasteiger partial charge >= 0.3 is 0 Å². The van der Waals surface area contributed by atoms with Gasteiger partial charge in [0.15, 0.2) is 0 Å². The highest BCUT2D eigenvalue weighted by Crippen LogP contribution is 2.20. The summed E-state index contributed by atoms with van der Waals surface area (Å²) in [5.74, 6) is 0. The zero-order valence-electron chi connectivity index (χ0n) is 13.4. The highest BCUT2D eigenvalue weighted by molar-refractivity contribution is 4.71. The van der Waals surface area contributed by atoms with Crippen molar-refractivity contribution in [3.63, 3.8) is 0 Å². The fraction of sp³-hybridized carbons (Fsp3) is 1.00. The van der Waals surface area contributed by atoms with Crippen molar-refractivity contribution in [3.8, 4) is 0 Å². The fourth-order valence-electron chi connectivity index (χ4n) is 2.32. The number of halogens is 3. The number of hydrogen-bond donors (Lipinski definition) is 1.